The van der Waals surface area contributed by atoms with Crippen LogP contribution in [0.3, 0.4) is 0 Å². The maximum absolute atomic E-state index is 13.4. The highest BCUT2D eigenvalue weighted by atomic mass is 32.1. The van der Waals surface area contributed by atoms with E-state index in [0.717, 1.165) is 6.07 Å². The molecule has 1 aromatic carbocycles. The first-order chi connectivity index (χ1) is 14.3. The number of anilines is 1. The first-order valence-electron chi connectivity index (χ1n) is 9.57. The number of halogens is 3. The summed E-state index contributed by atoms with van der Waals surface area (Å²) in [5, 5.41) is 21.1. The quantitative estimate of drug-likeness (QED) is 0.800. The number of aliphatic hydroxyl groups is 1. The van der Waals surface area contributed by atoms with Crippen LogP contribution in [-0.2, 0) is 6.18 Å². The molecule has 9 heteroatoms. The number of aliphatic hydroxyl groups excluding tert-OH is 1. The van der Waals surface area contributed by atoms with Crippen LogP contribution >= 0.6 is 11.3 Å². The Labute approximate surface area is 175 Å². The van der Waals surface area contributed by atoms with Gasteiger partial charge in [-0.2, -0.15) is 18.4 Å². The summed E-state index contributed by atoms with van der Waals surface area (Å²) in [5.74, 6) is -0.00711. The molecular weight excluding hydrogens is 415 g/mol. The van der Waals surface area contributed by atoms with E-state index in [4.69, 9.17) is 5.26 Å². The number of nitriles is 1. The van der Waals surface area contributed by atoms with Gasteiger partial charge in [0.2, 0.25) is 0 Å². The fourth-order valence-electron chi connectivity index (χ4n) is 4.60. The maximum Gasteiger partial charge on any atom is 0.417 e. The molecule has 2 aromatic rings. The molecule has 158 valence electrons. The average molecular weight is 435 g/mol. The molecule has 2 aliphatic heterocycles. The molecule has 2 saturated heterocycles. The SMILES string of the molecule is N#Cc1ccc(N2C[C@@H]3CCN(C(=O)c4cccs4)C[C@]3(CO)C2)cc1C(F)(F)F. The Balaban J connectivity index is 1.59. The van der Waals surface area contributed by atoms with Gasteiger partial charge in [-0.25, -0.2) is 0 Å². The number of carbonyl (C=O) groups excluding carboxylic acids is 1. The number of carbonyl (C=O) groups is 1. The fraction of sp³-hybridized carbons (Fsp3) is 0.429. The normalized spacial score (nSPS) is 23.9. The van der Waals surface area contributed by atoms with Crippen molar-refractivity contribution in [3.8, 4) is 6.07 Å². The Hall–Kier alpha value is -2.57. The van der Waals surface area contributed by atoms with Crippen LogP contribution in [0.5, 0.6) is 0 Å². The van der Waals surface area contributed by atoms with Crippen molar-refractivity contribution in [2.45, 2.75) is 12.6 Å². The molecule has 4 rings (SSSR count). The molecule has 5 nitrogen and oxygen atoms in total. The third kappa shape index (κ3) is 3.55. The van der Waals surface area contributed by atoms with Crippen LogP contribution in [0.25, 0.3) is 0 Å². The van der Waals surface area contributed by atoms with Gasteiger partial charge in [-0.15, -0.1) is 11.3 Å². The molecular formula is C21H20F3N3O2S. The molecule has 2 aliphatic rings. The highest BCUT2D eigenvalue weighted by Gasteiger charge is 2.50. The van der Waals surface area contributed by atoms with Gasteiger partial charge in [-0.1, -0.05) is 6.07 Å². The second kappa shape index (κ2) is 7.60. The van der Waals surface area contributed by atoms with E-state index >= 15 is 0 Å². The average Bonchev–Trinajstić information content (AvgIpc) is 3.40. The van der Waals surface area contributed by atoms with Crippen molar-refractivity contribution in [2.75, 3.05) is 37.7 Å². The van der Waals surface area contributed by atoms with Crippen molar-refractivity contribution < 1.29 is 23.1 Å². The van der Waals surface area contributed by atoms with Crippen molar-refractivity contribution in [1.29, 1.82) is 5.26 Å². The number of hydrogen-bond acceptors (Lipinski definition) is 5. The number of rotatable bonds is 3. The van der Waals surface area contributed by atoms with E-state index in [1.54, 1.807) is 17.0 Å². The molecule has 0 bridgehead atoms. The zero-order valence-electron chi connectivity index (χ0n) is 16.0. The molecule has 0 spiro atoms. The Bertz CT molecular complexity index is 986. The fourth-order valence-corrected chi connectivity index (χ4v) is 5.29. The molecule has 0 saturated carbocycles. The monoisotopic (exact) mass is 435 g/mol. The van der Waals surface area contributed by atoms with Gasteiger partial charge in [0, 0.05) is 37.3 Å². The Morgan fingerprint density at radius 2 is 2.13 bits per heavy atom. The Morgan fingerprint density at radius 3 is 2.77 bits per heavy atom. The van der Waals surface area contributed by atoms with E-state index in [0.29, 0.717) is 43.2 Å². The van der Waals surface area contributed by atoms with Crippen LogP contribution in [-0.4, -0.2) is 48.7 Å². The van der Waals surface area contributed by atoms with Crippen molar-refractivity contribution in [3.63, 3.8) is 0 Å². The van der Waals surface area contributed by atoms with Gasteiger partial charge >= 0.3 is 6.18 Å². The molecule has 0 aliphatic carbocycles. The number of hydrogen-bond donors (Lipinski definition) is 1. The van der Waals surface area contributed by atoms with Gasteiger partial charge in [0.25, 0.3) is 5.91 Å². The summed E-state index contributed by atoms with van der Waals surface area (Å²) >= 11 is 1.36. The molecule has 0 radical (unpaired) electrons. The molecule has 30 heavy (non-hydrogen) atoms. The second-order valence-corrected chi connectivity index (χ2v) is 8.88. The smallest absolute Gasteiger partial charge is 0.396 e. The molecule has 1 N–H and O–H groups in total. The number of nitrogens with zero attached hydrogens (tertiary/aromatic N) is 3. The number of benzene rings is 1. The first-order valence-corrected chi connectivity index (χ1v) is 10.5. The van der Waals surface area contributed by atoms with E-state index in [1.807, 2.05) is 16.3 Å². The second-order valence-electron chi connectivity index (χ2n) is 7.93. The topological polar surface area (TPSA) is 67.6 Å². The van der Waals surface area contributed by atoms with Gasteiger partial charge in [-0.3, -0.25) is 4.79 Å². The summed E-state index contributed by atoms with van der Waals surface area (Å²) in [6.45, 7) is 1.63. The molecule has 1 aromatic heterocycles. The van der Waals surface area contributed by atoms with Gasteiger partial charge in [-0.05, 0) is 42.0 Å². The zero-order valence-corrected chi connectivity index (χ0v) is 16.8. The van der Waals surface area contributed by atoms with Gasteiger partial charge in [0.1, 0.15) is 0 Å². The van der Waals surface area contributed by atoms with E-state index in [2.05, 4.69) is 0 Å². The predicted octanol–water partition coefficient (Wildman–Crippen LogP) is 3.60. The number of alkyl halides is 3. The lowest BCUT2D eigenvalue weighted by Crippen LogP contribution is -2.52. The van der Waals surface area contributed by atoms with Gasteiger partial charge < -0.3 is 14.9 Å². The molecule has 0 unspecified atom stereocenters. The Morgan fingerprint density at radius 1 is 1.33 bits per heavy atom. The summed E-state index contributed by atoms with van der Waals surface area (Å²) in [6, 6.07) is 8.90. The number of fused-ring (bicyclic) bond motifs is 1. The summed E-state index contributed by atoms with van der Waals surface area (Å²) < 4.78 is 40.1. The van der Waals surface area contributed by atoms with Crippen LogP contribution in [0.2, 0.25) is 0 Å². The number of likely N-dealkylation sites (tertiary alicyclic amines) is 1. The van der Waals surface area contributed by atoms with E-state index in [-0.39, 0.29) is 18.4 Å². The highest BCUT2D eigenvalue weighted by molar-refractivity contribution is 7.12. The van der Waals surface area contributed by atoms with Crippen LogP contribution < -0.4 is 4.90 Å². The molecule has 2 atom stereocenters. The minimum Gasteiger partial charge on any atom is -0.396 e. The minimum absolute atomic E-state index is 0.0693. The van der Waals surface area contributed by atoms with Crippen molar-refractivity contribution in [3.05, 3.63) is 51.7 Å². The molecule has 1 amide bonds. The lowest BCUT2D eigenvalue weighted by molar-refractivity contribution is -0.137. The number of thiophene rings is 1. The van der Waals surface area contributed by atoms with Gasteiger partial charge in [0.05, 0.1) is 28.7 Å². The standard InChI is InChI=1S/C21H20F3N3O2S/c22-21(23,24)17-8-16(4-3-14(17)9-25)27-10-15-5-6-26(11-20(15,12-27)13-28)19(29)18-2-1-7-30-18/h1-4,7-8,15,28H,5-6,10-13H2/t15-,20+/m0/s1. The van der Waals surface area contributed by atoms with Gasteiger partial charge in [0.15, 0.2) is 0 Å². The summed E-state index contributed by atoms with van der Waals surface area (Å²) in [4.78, 5) is 17.0. The lowest BCUT2D eigenvalue weighted by atomic mass is 9.74. The van der Waals surface area contributed by atoms with Crippen molar-refractivity contribution in [2.24, 2.45) is 11.3 Å². The third-order valence-electron chi connectivity index (χ3n) is 6.19. The molecule has 3 heterocycles. The van der Waals surface area contributed by atoms with Crippen LogP contribution in [0.1, 0.15) is 27.2 Å². The number of amides is 1. The highest BCUT2D eigenvalue weighted by Crippen LogP contribution is 2.45. The minimum atomic E-state index is -4.62. The van der Waals surface area contributed by atoms with Crippen molar-refractivity contribution in [1.82, 2.24) is 4.90 Å². The summed E-state index contributed by atoms with van der Waals surface area (Å²) in [6.07, 6.45) is -3.94. The van der Waals surface area contributed by atoms with Crippen LogP contribution in [0.4, 0.5) is 18.9 Å². The third-order valence-corrected chi connectivity index (χ3v) is 7.05. The van der Waals surface area contributed by atoms with E-state index < -0.39 is 22.7 Å². The largest absolute Gasteiger partial charge is 0.417 e. The predicted molar refractivity (Wildman–Crippen MR) is 106 cm³/mol. The van der Waals surface area contributed by atoms with Crippen LogP contribution in [0, 0.1) is 22.7 Å². The molecule has 2 fully saturated rings. The number of piperidine rings is 1. The van der Waals surface area contributed by atoms with E-state index in [1.165, 1.54) is 23.5 Å². The maximum atomic E-state index is 13.4. The van der Waals surface area contributed by atoms with Crippen LogP contribution in [0.15, 0.2) is 35.7 Å². The zero-order chi connectivity index (χ0) is 21.5. The summed E-state index contributed by atoms with van der Waals surface area (Å²) in [5.41, 5.74) is -1.57. The summed E-state index contributed by atoms with van der Waals surface area (Å²) in [7, 11) is 0. The van der Waals surface area contributed by atoms with Crippen molar-refractivity contribution >= 4 is 22.9 Å². The Kier molecular flexibility index (Phi) is 5.24. The van der Waals surface area contributed by atoms with E-state index in [9.17, 15) is 23.1 Å². The lowest BCUT2D eigenvalue weighted by Gasteiger charge is -2.42. The first kappa shape index (κ1) is 20.7.